The lowest BCUT2D eigenvalue weighted by molar-refractivity contribution is -0.141. The third-order valence-corrected chi connectivity index (χ3v) is 4.20. The number of hydrogen-bond acceptors (Lipinski definition) is 5. The van der Waals surface area contributed by atoms with E-state index >= 15 is 0 Å². The van der Waals surface area contributed by atoms with E-state index in [4.69, 9.17) is 9.47 Å². The Balaban J connectivity index is 1.76. The Morgan fingerprint density at radius 2 is 1.81 bits per heavy atom. The van der Waals surface area contributed by atoms with E-state index in [-0.39, 0.29) is 37.0 Å². The average molecular weight is 291 g/mol. The Bertz CT molecular complexity index is 580. The molecule has 112 valence electrons. The van der Waals surface area contributed by atoms with Crippen LogP contribution in [0.15, 0.2) is 18.2 Å². The predicted octanol–water partition coefficient (Wildman–Crippen LogP) is 1.09. The van der Waals surface area contributed by atoms with E-state index in [9.17, 15) is 14.7 Å². The summed E-state index contributed by atoms with van der Waals surface area (Å²) < 4.78 is 10.5. The Morgan fingerprint density at radius 3 is 2.48 bits per heavy atom. The lowest BCUT2D eigenvalue weighted by Crippen LogP contribution is -2.34. The van der Waals surface area contributed by atoms with E-state index in [2.05, 4.69) is 0 Å². The van der Waals surface area contributed by atoms with Gasteiger partial charge in [-0.2, -0.15) is 0 Å². The molecule has 3 rings (SSSR count). The lowest BCUT2D eigenvalue weighted by atomic mass is 10.00. The maximum atomic E-state index is 12.0. The van der Waals surface area contributed by atoms with E-state index in [1.165, 1.54) is 0 Å². The molecular formula is C15H17NO5. The number of nitrogens with zero attached hydrogens (tertiary/aromatic N) is 1. The van der Waals surface area contributed by atoms with Crippen molar-refractivity contribution in [3.05, 3.63) is 23.8 Å². The highest BCUT2D eigenvalue weighted by Gasteiger charge is 2.42. The van der Waals surface area contributed by atoms with Gasteiger partial charge in [0.15, 0.2) is 11.5 Å². The van der Waals surface area contributed by atoms with Gasteiger partial charge in [0.25, 0.3) is 0 Å². The molecule has 6 nitrogen and oxygen atoms in total. The summed E-state index contributed by atoms with van der Waals surface area (Å²) >= 11 is 0. The first-order valence-corrected chi connectivity index (χ1v) is 6.92. The number of aliphatic hydroxyl groups is 1. The number of carbonyl (C=O) groups is 2. The second-order valence-corrected chi connectivity index (χ2v) is 5.49. The minimum atomic E-state index is -0.940. The lowest BCUT2D eigenvalue weighted by Gasteiger charge is -2.19. The monoisotopic (exact) mass is 291 g/mol. The third kappa shape index (κ3) is 2.25. The van der Waals surface area contributed by atoms with Crippen LogP contribution < -0.4 is 9.47 Å². The molecule has 2 amide bonds. The average Bonchev–Trinajstić information content (AvgIpc) is 3.02. The molecule has 0 bridgehead atoms. The molecule has 2 aliphatic heterocycles. The van der Waals surface area contributed by atoms with Gasteiger partial charge in [0.1, 0.15) is 0 Å². The molecule has 3 unspecified atom stereocenters. The number of ether oxygens (including phenoxy) is 2. The molecule has 1 fully saturated rings. The first-order valence-electron chi connectivity index (χ1n) is 6.92. The molecule has 3 atom stereocenters. The van der Waals surface area contributed by atoms with Gasteiger partial charge in [-0.1, -0.05) is 19.9 Å². The number of benzene rings is 1. The zero-order valence-corrected chi connectivity index (χ0v) is 11.9. The van der Waals surface area contributed by atoms with Gasteiger partial charge in [-0.15, -0.1) is 0 Å². The van der Waals surface area contributed by atoms with Crippen LogP contribution in [0.1, 0.15) is 25.5 Å². The first-order chi connectivity index (χ1) is 9.99. The van der Waals surface area contributed by atoms with Crippen LogP contribution in [0.3, 0.4) is 0 Å². The van der Waals surface area contributed by atoms with Crippen molar-refractivity contribution in [1.82, 2.24) is 4.90 Å². The fourth-order valence-corrected chi connectivity index (χ4v) is 2.61. The van der Waals surface area contributed by atoms with Crippen LogP contribution >= 0.6 is 0 Å². The molecule has 0 spiro atoms. The molecular weight excluding hydrogens is 274 g/mol. The Kier molecular flexibility index (Phi) is 3.33. The van der Waals surface area contributed by atoms with Crippen LogP contribution in [0.5, 0.6) is 11.5 Å². The molecule has 1 aromatic carbocycles. The molecule has 0 saturated carbocycles. The molecule has 2 heterocycles. The SMILES string of the molecule is CC1C(=O)N(CC(O)c2ccc3c(c2)OCO3)C(=O)C1C. The quantitative estimate of drug-likeness (QED) is 0.844. The Labute approximate surface area is 122 Å². The van der Waals surface area contributed by atoms with Crippen LogP contribution in [0.25, 0.3) is 0 Å². The summed E-state index contributed by atoms with van der Waals surface area (Å²) in [5.41, 5.74) is 0.590. The molecule has 1 saturated heterocycles. The molecule has 6 heteroatoms. The van der Waals surface area contributed by atoms with Gasteiger partial charge >= 0.3 is 0 Å². The summed E-state index contributed by atoms with van der Waals surface area (Å²) in [5.74, 6) is 0.0661. The standard InChI is InChI=1S/C15H17NO5/c1-8-9(2)15(19)16(14(8)18)6-11(17)10-3-4-12-13(5-10)21-7-20-12/h3-5,8-9,11,17H,6-7H2,1-2H3. The van der Waals surface area contributed by atoms with Crippen molar-refractivity contribution in [1.29, 1.82) is 0 Å². The number of rotatable bonds is 3. The van der Waals surface area contributed by atoms with Gasteiger partial charge in [-0.05, 0) is 17.7 Å². The van der Waals surface area contributed by atoms with Crippen LogP contribution in [0.2, 0.25) is 0 Å². The fourth-order valence-electron chi connectivity index (χ4n) is 2.61. The fraction of sp³-hybridized carbons (Fsp3) is 0.467. The number of carbonyl (C=O) groups excluding carboxylic acids is 2. The minimum absolute atomic E-state index is 0.0357. The van der Waals surface area contributed by atoms with Gasteiger partial charge in [0, 0.05) is 11.8 Å². The Hall–Kier alpha value is -2.08. The summed E-state index contributed by atoms with van der Waals surface area (Å²) in [6.45, 7) is 3.59. The van der Waals surface area contributed by atoms with E-state index in [1.54, 1.807) is 32.0 Å². The van der Waals surface area contributed by atoms with E-state index < -0.39 is 6.10 Å². The van der Waals surface area contributed by atoms with Gasteiger partial charge < -0.3 is 14.6 Å². The maximum Gasteiger partial charge on any atom is 0.232 e. The number of aliphatic hydroxyl groups excluding tert-OH is 1. The predicted molar refractivity (Wildman–Crippen MR) is 72.6 cm³/mol. The molecule has 0 aromatic heterocycles. The topological polar surface area (TPSA) is 76.1 Å². The van der Waals surface area contributed by atoms with Crippen LogP contribution in [0, 0.1) is 11.8 Å². The highest BCUT2D eigenvalue weighted by atomic mass is 16.7. The summed E-state index contributed by atoms with van der Waals surface area (Å²) in [5, 5.41) is 10.3. The summed E-state index contributed by atoms with van der Waals surface area (Å²) in [6, 6.07) is 5.08. The van der Waals surface area contributed by atoms with Crippen molar-refractivity contribution in [3.63, 3.8) is 0 Å². The van der Waals surface area contributed by atoms with E-state index in [0.29, 0.717) is 17.1 Å². The number of likely N-dealkylation sites (tertiary alicyclic amines) is 1. The van der Waals surface area contributed by atoms with E-state index in [0.717, 1.165) is 4.90 Å². The van der Waals surface area contributed by atoms with Crippen molar-refractivity contribution in [2.45, 2.75) is 20.0 Å². The van der Waals surface area contributed by atoms with Crippen LogP contribution in [0.4, 0.5) is 0 Å². The second-order valence-electron chi connectivity index (χ2n) is 5.49. The van der Waals surface area contributed by atoms with Crippen LogP contribution in [-0.2, 0) is 9.59 Å². The molecule has 2 aliphatic rings. The molecule has 0 aliphatic carbocycles. The largest absolute Gasteiger partial charge is 0.454 e. The number of β-amino-alcohol motifs (C(OH)–C–C–N with tert-alkyl or cyclic N) is 1. The number of fused-ring (bicyclic) bond motifs is 1. The summed E-state index contributed by atoms with van der Waals surface area (Å²) in [4.78, 5) is 25.2. The van der Waals surface area contributed by atoms with Gasteiger partial charge in [-0.3, -0.25) is 14.5 Å². The summed E-state index contributed by atoms with van der Waals surface area (Å²) in [6.07, 6.45) is -0.940. The van der Waals surface area contributed by atoms with Crippen molar-refractivity contribution in [2.24, 2.45) is 11.8 Å². The maximum absolute atomic E-state index is 12.0. The molecule has 21 heavy (non-hydrogen) atoms. The molecule has 0 radical (unpaired) electrons. The van der Waals surface area contributed by atoms with Gasteiger partial charge in [0.2, 0.25) is 18.6 Å². The minimum Gasteiger partial charge on any atom is -0.454 e. The van der Waals surface area contributed by atoms with Crippen molar-refractivity contribution in [3.8, 4) is 11.5 Å². The first kappa shape index (κ1) is 13.9. The highest BCUT2D eigenvalue weighted by Crippen LogP contribution is 2.35. The number of amides is 2. The second kappa shape index (κ2) is 5.04. The zero-order chi connectivity index (χ0) is 15.1. The summed E-state index contributed by atoms with van der Waals surface area (Å²) in [7, 11) is 0. The highest BCUT2D eigenvalue weighted by molar-refractivity contribution is 6.04. The van der Waals surface area contributed by atoms with Crippen LogP contribution in [-0.4, -0.2) is 35.2 Å². The molecule has 1 N–H and O–H groups in total. The Morgan fingerprint density at radius 1 is 1.19 bits per heavy atom. The van der Waals surface area contributed by atoms with E-state index in [1.807, 2.05) is 0 Å². The van der Waals surface area contributed by atoms with Crippen molar-refractivity contribution >= 4 is 11.8 Å². The smallest absolute Gasteiger partial charge is 0.232 e. The van der Waals surface area contributed by atoms with Gasteiger partial charge in [-0.25, -0.2) is 0 Å². The normalized spacial score (nSPS) is 25.6. The molecule has 1 aromatic rings. The van der Waals surface area contributed by atoms with Gasteiger partial charge in [0.05, 0.1) is 12.6 Å². The third-order valence-electron chi connectivity index (χ3n) is 4.20. The number of hydrogen-bond donors (Lipinski definition) is 1. The number of imide groups is 1. The van der Waals surface area contributed by atoms with Crippen molar-refractivity contribution in [2.75, 3.05) is 13.3 Å². The van der Waals surface area contributed by atoms with Crippen molar-refractivity contribution < 1.29 is 24.2 Å². The zero-order valence-electron chi connectivity index (χ0n) is 11.9.